The Bertz CT molecular complexity index is 1180. The topological polar surface area (TPSA) is 114 Å². The summed E-state index contributed by atoms with van der Waals surface area (Å²) in [7, 11) is 1.61. The lowest BCUT2D eigenvalue weighted by Crippen LogP contribution is -2.39. The van der Waals surface area contributed by atoms with Gasteiger partial charge in [-0.15, -0.1) is 10.2 Å². The molecular formula is C25H27N5O4S. The van der Waals surface area contributed by atoms with E-state index in [-0.39, 0.29) is 27.7 Å². The normalized spacial score (nSPS) is 13.8. The van der Waals surface area contributed by atoms with Crippen LogP contribution in [0.25, 0.3) is 0 Å². The van der Waals surface area contributed by atoms with Gasteiger partial charge in [0.05, 0.1) is 7.11 Å². The number of piperidine rings is 1. The Kier molecular flexibility index (Phi) is 8.04. The first-order valence-corrected chi connectivity index (χ1v) is 12.2. The molecule has 2 heterocycles. The van der Waals surface area contributed by atoms with Gasteiger partial charge in [-0.2, -0.15) is 0 Å². The monoisotopic (exact) mass is 493 g/mol. The molecule has 1 fully saturated rings. The summed E-state index contributed by atoms with van der Waals surface area (Å²) in [6.07, 6.45) is 1.88. The number of anilines is 1. The van der Waals surface area contributed by atoms with Crippen molar-refractivity contribution in [2.75, 3.05) is 25.5 Å². The molecule has 1 saturated heterocycles. The molecule has 2 N–H and O–H groups in total. The second kappa shape index (κ2) is 11.6. The van der Waals surface area contributed by atoms with Gasteiger partial charge in [0.15, 0.2) is 0 Å². The number of likely N-dealkylation sites (tertiary alicyclic amines) is 1. The fraction of sp³-hybridized carbons (Fsp3) is 0.320. The van der Waals surface area contributed by atoms with Crippen LogP contribution in [0.1, 0.15) is 44.4 Å². The lowest BCUT2D eigenvalue weighted by Gasteiger charge is -2.31. The summed E-state index contributed by atoms with van der Waals surface area (Å²) < 4.78 is 5.32. The van der Waals surface area contributed by atoms with Crippen molar-refractivity contribution < 1.29 is 19.1 Å². The number of ether oxygens (including phenoxy) is 1. The van der Waals surface area contributed by atoms with Crippen LogP contribution in [-0.2, 0) is 11.3 Å². The second-order valence-electron chi connectivity index (χ2n) is 8.26. The molecular weight excluding hydrogens is 466 g/mol. The number of aromatic nitrogens is 2. The van der Waals surface area contributed by atoms with Gasteiger partial charge in [0.25, 0.3) is 11.8 Å². The Morgan fingerprint density at radius 3 is 2.43 bits per heavy atom. The third-order valence-corrected chi connectivity index (χ3v) is 6.79. The maximum absolute atomic E-state index is 12.9. The van der Waals surface area contributed by atoms with Crippen molar-refractivity contribution in [2.24, 2.45) is 5.92 Å². The van der Waals surface area contributed by atoms with E-state index < -0.39 is 5.91 Å². The minimum atomic E-state index is -0.398. The van der Waals surface area contributed by atoms with Crippen LogP contribution in [0.3, 0.4) is 0 Å². The summed E-state index contributed by atoms with van der Waals surface area (Å²) in [4.78, 5) is 39.4. The number of benzene rings is 2. The molecule has 9 nitrogen and oxygen atoms in total. The molecule has 0 spiro atoms. The number of carbonyl (C=O) groups excluding carboxylic acids is 3. The van der Waals surface area contributed by atoms with Crippen molar-refractivity contribution in [1.82, 2.24) is 20.4 Å². The SMILES string of the molecule is COc1ccccc1CNC(=O)CC1CCN(C(=O)c2nnc(C(=O)Nc3ccccc3)s2)CC1. The lowest BCUT2D eigenvalue weighted by atomic mass is 9.93. The Balaban J connectivity index is 1.23. The van der Waals surface area contributed by atoms with Crippen LogP contribution in [0, 0.1) is 5.92 Å². The number of amides is 3. The third kappa shape index (κ3) is 6.42. The standard InChI is InChI=1S/C25H27N5O4S/c1-34-20-10-6-5-7-18(20)16-26-21(31)15-17-11-13-30(14-12-17)25(33)24-29-28-23(35-24)22(32)27-19-8-3-2-4-9-19/h2-10,17H,11-16H2,1H3,(H,26,31)(H,27,32). The molecule has 3 amide bonds. The van der Waals surface area contributed by atoms with Crippen LogP contribution < -0.4 is 15.4 Å². The number of carbonyl (C=O) groups is 3. The molecule has 0 bridgehead atoms. The van der Waals surface area contributed by atoms with Gasteiger partial charge >= 0.3 is 0 Å². The average Bonchev–Trinajstić information content (AvgIpc) is 3.39. The highest BCUT2D eigenvalue weighted by molar-refractivity contribution is 7.15. The van der Waals surface area contributed by atoms with Gasteiger partial charge in [-0.1, -0.05) is 47.7 Å². The molecule has 0 saturated carbocycles. The predicted octanol–water partition coefficient (Wildman–Crippen LogP) is 3.36. The molecule has 10 heteroatoms. The molecule has 1 aliphatic rings. The van der Waals surface area contributed by atoms with Gasteiger partial charge in [0, 0.05) is 37.3 Å². The summed E-state index contributed by atoms with van der Waals surface area (Å²) in [6.45, 7) is 1.49. The summed E-state index contributed by atoms with van der Waals surface area (Å²) in [5.41, 5.74) is 1.58. The number of methoxy groups -OCH3 is 1. The van der Waals surface area contributed by atoms with Crippen molar-refractivity contribution in [3.63, 3.8) is 0 Å². The van der Waals surface area contributed by atoms with Gasteiger partial charge in [0.1, 0.15) is 5.75 Å². The fourth-order valence-corrected chi connectivity index (χ4v) is 4.67. The molecule has 4 rings (SSSR count). The molecule has 182 valence electrons. The first-order chi connectivity index (χ1) is 17.0. The van der Waals surface area contributed by atoms with E-state index in [0.29, 0.717) is 31.7 Å². The minimum absolute atomic E-state index is 0.0149. The predicted molar refractivity (Wildman–Crippen MR) is 132 cm³/mol. The number of hydrogen-bond donors (Lipinski definition) is 2. The van der Waals surface area contributed by atoms with Gasteiger partial charge in [-0.3, -0.25) is 14.4 Å². The van der Waals surface area contributed by atoms with Crippen LogP contribution in [-0.4, -0.2) is 53.0 Å². The largest absolute Gasteiger partial charge is 0.496 e. The molecule has 1 aliphatic heterocycles. The van der Waals surface area contributed by atoms with E-state index in [4.69, 9.17) is 4.74 Å². The Morgan fingerprint density at radius 2 is 1.69 bits per heavy atom. The van der Waals surface area contributed by atoms with E-state index in [0.717, 1.165) is 35.5 Å². The van der Waals surface area contributed by atoms with E-state index >= 15 is 0 Å². The fourth-order valence-electron chi connectivity index (χ4n) is 3.96. The second-order valence-corrected chi connectivity index (χ2v) is 9.24. The summed E-state index contributed by atoms with van der Waals surface area (Å²) >= 11 is 0.981. The molecule has 0 unspecified atom stereocenters. The van der Waals surface area contributed by atoms with E-state index in [9.17, 15) is 14.4 Å². The first kappa shape index (κ1) is 24.3. The maximum atomic E-state index is 12.9. The lowest BCUT2D eigenvalue weighted by molar-refractivity contribution is -0.122. The van der Waals surface area contributed by atoms with Crippen LogP contribution in [0.4, 0.5) is 5.69 Å². The maximum Gasteiger partial charge on any atom is 0.286 e. The summed E-state index contributed by atoms with van der Waals surface area (Å²) in [6, 6.07) is 16.6. The van der Waals surface area contributed by atoms with Crippen molar-refractivity contribution in [1.29, 1.82) is 0 Å². The first-order valence-electron chi connectivity index (χ1n) is 11.4. The quantitative estimate of drug-likeness (QED) is 0.498. The zero-order valence-electron chi connectivity index (χ0n) is 19.4. The van der Waals surface area contributed by atoms with Gasteiger partial charge in [0.2, 0.25) is 15.9 Å². The van der Waals surface area contributed by atoms with Crippen LogP contribution >= 0.6 is 11.3 Å². The number of nitrogens with zero attached hydrogens (tertiary/aromatic N) is 3. The van der Waals surface area contributed by atoms with Gasteiger partial charge < -0.3 is 20.3 Å². The zero-order chi connectivity index (χ0) is 24.6. The van der Waals surface area contributed by atoms with Crippen molar-refractivity contribution in [2.45, 2.75) is 25.8 Å². The molecule has 2 aromatic carbocycles. The average molecular weight is 494 g/mol. The highest BCUT2D eigenvalue weighted by Crippen LogP contribution is 2.23. The number of nitrogens with one attached hydrogen (secondary N) is 2. The van der Waals surface area contributed by atoms with Crippen LogP contribution in [0.5, 0.6) is 5.75 Å². The molecule has 0 atom stereocenters. The van der Waals surface area contributed by atoms with Crippen LogP contribution in [0.2, 0.25) is 0 Å². The zero-order valence-corrected chi connectivity index (χ0v) is 20.2. The molecule has 0 radical (unpaired) electrons. The summed E-state index contributed by atoms with van der Waals surface area (Å²) in [5.74, 6) is 0.306. The number of para-hydroxylation sites is 2. The van der Waals surface area contributed by atoms with Gasteiger partial charge in [-0.25, -0.2) is 0 Å². The third-order valence-electron chi connectivity index (χ3n) is 5.88. The van der Waals surface area contributed by atoms with E-state index in [2.05, 4.69) is 20.8 Å². The Labute approximate surface area is 207 Å². The number of rotatable bonds is 8. The van der Waals surface area contributed by atoms with E-state index in [1.165, 1.54) is 0 Å². The summed E-state index contributed by atoms with van der Waals surface area (Å²) in [5, 5.41) is 13.8. The van der Waals surface area contributed by atoms with Crippen LogP contribution in [0.15, 0.2) is 54.6 Å². The van der Waals surface area contributed by atoms with Crippen molar-refractivity contribution in [3.05, 3.63) is 70.2 Å². The minimum Gasteiger partial charge on any atom is -0.496 e. The molecule has 35 heavy (non-hydrogen) atoms. The Hall–Kier alpha value is -3.79. The van der Waals surface area contributed by atoms with E-state index in [1.807, 2.05) is 42.5 Å². The van der Waals surface area contributed by atoms with E-state index in [1.54, 1.807) is 24.1 Å². The molecule has 0 aliphatic carbocycles. The molecule has 1 aromatic heterocycles. The Morgan fingerprint density at radius 1 is 1.00 bits per heavy atom. The number of hydrogen-bond acceptors (Lipinski definition) is 7. The smallest absolute Gasteiger partial charge is 0.286 e. The van der Waals surface area contributed by atoms with Gasteiger partial charge in [-0.05, 0) is 37.0 Å². The van der Waals surface area contributed by atoms with Crippen molar-refractivity contribution >= 4 is 34.7 Å². The highest BCUT2D eigenvalue weighted by Gasteiger charge is 2.28. The highest BCUT2D eigenvalue weighted by atomic mass is 32.1. The van der Waals surface area contributed by atoms with Crippen molar-refractivity contribution in [3.8, 4) is 5.75 Å². The molecule has 3 aromatic rings.